The van der Waals surface area contributed by atoms with Crippen molar-refractivity contribution in [1.29, 1.82) is 0 Å². The van der Waals surface area contributed by atoms with Gasteiger partial charge in [0.15, 0.2) is 17.1 Å². The molecule has 1 heterocycles. The summed E-state index contributed by atoms with van der Waals surface area (Å²) in [5, 5.41) is 0.638. The molecule has 0 aliphatic rings. The van der Waals surface area contributed by atoms with Crippen molar-refractivity contribution in [3.05, 3.63) is 75.2 Å². The second-order valence-electron chi connectivity index (χ2n) is 9.25. The zero-order chi connectivity index (χ0) is 25.8. The highest BCUT2D eigenvalue weighted by Crippen LogP contribution is 2.36. The van der Waals surface area contributed by atoms with Crippen LogP contribution < -0.4 is 19.8 Å². The summed E-state index contributed by atoms with van der Waals surface area (Å²) < 4.78 is 22.9. The highest BCUT2D eigenvalue weighted by Gasteiger charge is 2.19. The van der Waals surface area contributed by atoms with Gasteiger partial charge in [-0.2, -0.15) is 0 Å². The van der Waals surface area contributed by atoms with Crippen LogP contribution in [0.15, 0.2) is 74.0 Å². The number of allylic oxidation sites excluding steroid dienone is 6. The average molecular weight is 481 g/mol. The van der Waals surface area contributed by atoms with Crippen LogP contribution in [0.5, 0.6) is 17.2 Å². The zero-order valence-electron chi connectivity index (χ0n) is 22.3. The minimum atomic E-state index is -0.594. The second-order valence-corrected chi connectivity index (χ2v) is 9.25. The lowest BCUT2D eigenvalue weighted by atomic mass is 10.1. The predicted molar refractivity (Wildman–Crippen MR) is 145 cm³/mol. The molecule has 0 amide bonds. The van der Waals surface area contributed by atoms with E-state index in [0.717, 1.165) is 25.7 Å². The number of ether oxygens (including phenoxy) is 3. The van der Waals surface area contributed by atoms with Gasteiger partial charge in [-0.05, 0) is 91.5 Å². The first kappa shape index (κ1) is 28.0. The molecule has 0 fully saturated rings. The van der Waals surface area contributed by atoms with Crippen LogP contribution in [0.1, 0.15) is 67.2 Å². The molecule has 0 bridgehead atoms. The van der Waals surface area contributed by atoms with Crippen LogP contribution in [0.3, 0.4) is 0 Å². The summed E-state index contributed by atoms with van der Waals surface area (Å²) in [5.74, 6) is 0.917. The Hall–Kier alpha value is -3.21. The molecule has 0 spiro atoms. The number of para-hydroxylation sites is 1. The Kier molecular flexibility index (Phi) is 11.4. The van der Waals surface area contributed by atoms with Gasteiger partial charge in [-0.15, -0.1) is 0 Å². The first-order valence-electron chi connectivity index (χ1n) is 12.2. The summed E-state index contributed by atoms with van der Waals surface area (Å²) in [7, 11) is 1.44. The summed E-state index contributed by atoms with van der Waals surface area (Å²) in [6.45, 7) is 13.3. The minimum absolute atomic E-state index is 0.0558. The highest BCUT2D eigenvalue weighted by molar-refractivity contribution is 5.89. The van der Waals surface area contributed by atoms with Gasteiger partial charge < -0.3 is 18.6 Å². The topological polar surface area (TPSA) is 57.9 Å². The third-order valence-electron chi connectivity index (χ3n) is 5.53. The molecule has 0 radical (unpaired) electrons. The summed E-state index contributed by atoms with van der Waals surface area (Å²) >= 11 is 0. The van der Waals surface area contributed by atoms with Crippen LogP contribution in [-0.4, -0.2) is 20.3 Å². The first-order valence-corrected chi connectivity index (χ1v) is 12.2. The molecule has 0 saturated heterocycles. The zero-order valence-corrected chi connectivity index (χ0v) is 22.3. The van der Waals surface area contributed by atoms with Crippen LogP contribution >= 0.6 is 0 Å². The van der Waals surface area contributed by atoms with Crippen molar-refractivity contribution in [3.8, 4) is 17.2 Å². The van der Waals surface area contributed by atoms with E-state index in [9.17, 15) is 4.79 Å². The molecular weight excluding hydrogens is 440 g/mol. The van der Waals surface area contributed by atoms with Crippen LogP contribution in [0.25, 0.3) is 11.0 Å². The lowest BCUT2D eigenvalue weighted by molar-refractivity contribution is 0.312. The Labute approximate surface area is 209 Å². The van der Waals surface area contributed by atoms with Crippen molar-refractivity contribution in [2.75, 3.05) is 20.3 Å². The van der Waals surface area contributed by atoms with Crippen LogP contribution in [0, 0.1) is 0 Å². The fourth-order valence-electron chi connectivity index (χ4n) is 3.51. The van der Waals surface area contributed by atoms with Gasteiger partial charge in [0.25, 0.3) is 0 Å². The van der Waals surface area contributed by atoms with Gasteiger partial charge in [0.2, 0.25) is 5.75 Å². The molecule has 0 saturated carbocycles. The van der Waals surface area contributed by atoms with Crippen molar-refractivity contribution in [2.45, 2.75) is 67.2 Å². The standard InChI is InChI=1S/C30H40O5/c1-21(2)11-8-13-23(5)17-19-33-26-16-10-15-25-27(26)35-30(31)29(32-7)28(25)34-20-18-24(6)14-9-12-22(3)4/h10-12,15-18H,8-9,13-14,19-20H2,1-7H3. The van der Waals surface area contributed by atoms with Gasteiger partial charge >= 0.3 is 5.63 Å². The van der Waals surface area contributed by atoms with E-state index in [1.807, 2.05) is 18.2 Å². The van der Waals surface area contributed by atoms with Crippen molar-refractivity contribution in [2.24, 2.45) is 0 Å². The molecule has 5 heteroatoms. The van der Waals surface area contributed by atoms with Crippen LogP contribution in [-0.2, 0) is 0 Å². The summed E-state index contributed by atoms with van der Waals surface area (Å²) in [5.41, 5.74) is 4.87. The normalized spacial score (nSPS) is 11.9. The Balaban J connectivity index is 2.21. The Morgan fingerprint density at radius 3 is 1.91 bits per heavy atom. The number of hydrogen-bond acceptors (Lipinski definition) is 5. The van der Waals surface area contributed by atoms with Gasteiger partial charge in [-0.25, -0.2) is 4.79 Å². The molecule has 0 atom stereocenters. The first-order chi connectivity index (χ1) is 16.7. The fraction of sp³-hybridized carbons (Fsp3) is 0.433. The van der Waals surface area contributed by atoms with E-state index in [2.05, 4.69) is 59.8 Å². The van der Waals surface area contributed by atoms with Crippen LogP contribution in [0.2, 0.25) is 0 Å². The van der Waals surface area contributed by atoms with Crippen molar-refractivity contribution in [1.82, 2.24) is 0 Å². The SMILES string of the molecule is COc1c(OCC=C(C)CCC=C(C)C)c2cccc(OCC=C(C)CCC=C(C)C)c2oc1=O. The van der Waals surface area contributed by atoms with E-state index in [0.29, 0.717) is 35.7 Å². The van der Waals surface area contributed by atoms with Gasteiger partial charge in [0, 0.05) is 0 Å². The summed E-state index contributed by atoms with van der Waals surface area (Å²) in [4.78, 5) is 12.6. The molecule has 1 aromatic carbocycles. The second kappa shape index (κ2) is 14.2. The molecule has 0 unspecified atom stereocenters. The molecule has 190 valence electrons. The maximum absolute atomic E-state index is 12.6. The number of fused-ring (bicyclic) bond motifs is 1. The van der Waals surface area contributed by atoms with E-state index in [-0.39, 0.29) is 5.75 Å². The van der Waals surface area contributed by atoms with E-state index in [1.165, 1.54) is 29.4 Å². The number of benzene rings is 1. The Morgan fingerprint density at radius 2 is 1.37 bits per heavy atom. The highest BCUT2D eigenvalue weighted by atomic mass is 16.5. The minimum Gasteiger partial charge on any atom is -0.487 e. The number of rotatable bonds is 13. The van der Waals surface area contributed by atoms with Crippen molar-refractivity contribution < 1.29 is 18.6 Å². The maximum atomic E-state index is 12.6. The van der Waals surface area contributed by atoms with E-state index < -0.39 is 5.63 Å². The van der Waals surface area contributed by atoms with Gasteiger partial charge in [-0.3, -0.25) is 0 Å². The maximum Gasteiger partial charge on any atom is 0.383 e. The smallest absolute Gasteiger partial charge is 0.383 e. The molecule has 2 rings (SSSR count). The molecule has 0 aliphatic carbocycles. The summed E-state index contributed by atoms with van der Waals surface area (Å²) in [6, 6.07) is 5.49. The molecule has 5 nitrogen and oxygen atoms in total. The third kappa shape index (κ3) is 9.16. The van der Waals surface area contributed by atoms with Gasteiger partial charge in [0.05, 0.1) is 12.5 Å². The molecule has 1 aromatic heterocycles. The largest absolute Gasteiger partial charge is 0.487 e. The number of hydrogen-bond donors (Lipinski definition) is 0. The summed E-state index contributed by atoms with van der Waals surface area (Å²) in [6.07, 6.45) is 12.5. The van der Waals surface area contributed by atoms with Gasteiger partial charge in [0.1, 0.15) is 13.2 Å². The molecule has 0 aliphatic heterocycles. The van der Waals surface area contributed by atoms with Gasteiger partial charge in [-0.1, -0.05) is 40.5 Å². The monoisotopic (exact) mass is 480 g/mol. The van der Waals surface area contributed by atoms with E-state index in [1.54, 1.807) is 6.07 Å². The molecule has 0 N–H and O–H groups in total. The fourth-order valence-corrected chi connectivity index (χ4v) is 3.51. The lowest BCUT2D eigenvalue weighted by Gasteiger charge is -2.13. The quantitative estimate of drug-likeness (QED) is 0.215. The van der Waals surface area contributed by atoms with E-state index in [4.69, 9.17) is 18.6 Å². The average Bonchev–Trinajstić information content (AvgIpc) is 2.79. The molecule has 2 aromatic rings. The third-order valence-corrected chi connectivity index (χ3v) is 5.53. The predicted octanol–water partition coefficient (Wildman–Crippen LogP) is 7.94. The number of methoxy groups -OCH3 is 1. The van der Waals surface area contributed by atoms with Crippen molar-refractivity contribution in [3.63, 3.8) is 0 Å². The van der Waals surface area contributed by atoms with E-state index >= 15 is 0 Å². The Bertz CT molecular complexity index is 1150. The van der Waals surface area contributed by atoms with Crippen LogP contribution in [0.4, 0.5) is 0 Å². The van der Waals surface area contributed by atoms with Crippen molar-refractivity contribution >= 4 is 11.0 Å². The molecule has 35 heavy (non-hydrogen) atoms. The lowest BCUT2D eigenvalue weighted by Crippen LogP contribution is -2.09. The Morgan fingerprint density at radius 1 is 0.800 bits per heavy atom. The molecular formula is C30H40O5.